The van der Waals surface area contributed by atoms with Crippen LogP contribution >= 0.6 is 15.9 Å². The van der Waals surface area contributed by atoms with Crippen molar-refractivity contribution >= 4 is 27.7 Å². The van der Waals surface area contributed by atoms with Gasteiger partial charge in [0.2, 0.25) is 0 Å². The lowest BCUT2D eigenvalue weighted by Gasteiger charge is -2.13. The Bertz CT molecular complexity index is 756. The average molecular weight is 403 g/mol. The Morgan fingerprint density at radius 2 is 1.56 bits per heavy atom. The molecule has 1 fully saturated rings. The van der Waals surface area contributed by atoms with Gasteiger partial charge >= 0.3 is 0 Å². The predicted molar refractivity (Wildman–Crippen MR) is 98.4 cm³/mol. The highest BCUT2D eigenvalue weighted by atomic mass is 79.9. The van der Waals surface area contributed by atoms with Crippen molar-refractivity contribution in [3.8, 4) is 5.75 Å². The first kappa shape index (κ1) is 17.5. The van der Waals surface area contributed by atoms with Gasteiger partial charge in [-0.2, -0.15) is 0 Å². The fourth-order valence-electron chi connectivity index (χ4n) is 2.78. The second-order valence-electron chi connectivity index (χ2n) is 5.94. The summed E-state index contributed by atoms with van der Waals surface area (Å²) in [4.78, 5) is 24.2. The van der Waals surface area contributed by atoms with E-state index in [0.717, 1.165) is 18.6 Å². The van der Waals surface area contributed by atoms with Crippen molar-refractivity contribution in [2.24, 2.45) is 0 Å². The van der Waals surface area contributed by atoms with Crippen molar-refractivity contribution in [1.82, 2.24) is 10.9 Å². The van der Waals surface area contributed by atoms with E-state index < -0.39 is 0 Å². The second-order valence-corrected chi connectivity index (χ2v) is 6.79. The number of ether oxygens (including phenoxy) is 1. The molecule has 2 amide bonds. The molecular formula is C19H19BrN2O3. The molecule has 1 aliphatic rings. The van der Waals surface area contributed by atoms with Gasteiger partial charge in [-0.3, -0.25) is 20.4 Å². The summed E-state index contributed by atoms with van der Waals surface area (Å²) in [6.07, 6.45) is 4.88. The van der Waals surface area contributed by atoms with Crippen LogP contribution in [0.1, 0.15) is 46.4 Å². The van der Waals surface area contributed by atoms with E-state index in [9.17, 15) is 9.59 Å². The molecule has 0 unspecified atom stereocenters. The molecule has 2 N–H and O–H groups in total. The average Bonchev–Trinajstić information content (AvgIpc) is 3.13. The van der Waals surface area contributed by atoms with Gasteiger partial charge in [0.05, 0.1) is 11.7 Å². The maximum Gasteiger partial charge on any atom is 0.270 e. The van der Waals surface area contributed by atoms with E-state index in [1.54, 1.807) is 42.5 Å². The summed E-state index contributed by atoms with van der Waals surface area (Å²) in [5.41, 5.74) is 5.73. The molecule has 0 aliphatic heterocycles. The highest BCUT2D eigenvalue weighted by molar-refractivity contribution is 9.10. The van der Waals surface area contributed by atoms with Gasteiger partial charge in [0.25, 0.3) is 11.8 Å². The normalized spacial score (nSPS) is 14.1. The van der Waals surface area contributed by atoms with Crippen molar-refractivity contribution in [2.75, 3.05) is 0 Å². The molecular weight excluding hydrogens is 384 g/mol. The van der Waals surface area contributed by atoms with Crippen molar-refractivity contribution in [3.05, 3.63) is 64.1 Å². The molecule has 0 heterocycles. The molecule has 0 bridgehead atoms. The quantitative estimate of drug-likeness (QED) is 0.763. The molecule has 1 aliphatic carbocycles. The number of hydrazine groups is 1. The summed E-state index contributed by atoms with van der Waals surface area (Å²) in [5.74, 6) is -0.00414. The number of hydrogen-bond donors (Lipinski definition) is 2. The molecule has 0 atom stereocenters. The van der Waals surface area contributed by atoms with E-state index in [1.165, 1.54) is 12.8 Å². The zero-order chi connectivity index (χ0) is 17.6. The number of halogens is 1. The summed E-state index contributed by atoms with van der Waals surface area (Å²) >= 11 is 3.31. The Kier molecular flexibility index (Phi) is 5.71. The first-order chi connectivity index (χ1) is 12.1. The van der Waals surface area contributed by atoms with Gasteiger partial charge in [-0.05, 0) is 78.0 Å². The summed E-state index contributed by atoms with van der Waals surface area (Å²) in [5, 5.41) is 0. The van der Waals surface area contributed by atoms with Crippen molar-refractivity contribution in [2.45, 2.75) is 31.8 Å². The Labute approximate surface area is 154 Å². The predicted octanol–water partition coefficient (Wildman–Crippen LogP) is 3.85. The second kappa shape index (κ2) is 8.16. The molecule has 0 saturated heterocycles. The SMILES string of the molecule is O=C(NNC(=O)c1ccccc1Br)c1ccc(OC2CCCC2)cc1. The smallest absolute Gasteiger partial charge is 0.270 e. The van der Waals surface area contributed by atoms with Crippen molar-refractivity contribution < 1.29 is 14.3 Å². The highest BCUT2D eigenvalue weighted by Gasteiger charge is 2.17. The maximum absolute atomic E-state index is 12.1. The van der Waals surface area contributed by atoms with Crippen LogP contribution < -0.4 is 15.6 Å². The van der Waals surface area contributed by atoms with E-state index in [-0.39, 0.29) is 17.9 Å². The van der Waals surface area contributed by atoms with Crippen molar-refractivity contribution in [3.63, 3.8) is 0 Å². The zero-order valence-corrected chi connectivity index (χ0v) is 15.2. The van der Waals surface area contributed by atoms with Crippen LogP contribution in [0.2, 0.25) is 0 Å². The van der Waals surface area contributed by atoms with Gasteiger partial charge in [0, 0.05) is 10.0 Å². The molecule has 5 nitrogen and oxygen atoms in total. The summed E-state index contributed by atoms with van der Waals surface area (Å²) in [6, 6.07) is 13.9. The Morgan fingerprint density at radius 3 is 2.24 bits per heavy atom. The molecule has 2 aromatic carbocycles. The zero-order valence-electron chi connectivity index (χ0n) is 13.6. The van der Waals surface area contributed by atoms with Crippen LogP contribution in [-0.2, 0) is 0 Å². The fraction of sp³-hybridized carbons (Fsp3) is 0.263. The third-order valence-corrected chi connectivity index (χ3v) is 4.82. The number of carbonyl (C=O) groups excluding carboxylic acids is 2. The number of carbonyl (C=O) groups is 2. The van der Waals surface area contributed by atoms with Gasteiger partial charge < -0.3 is 4.74 Å². The van der Waals surface area contributed by atoms with Crippen LogP contribution in [0.5, 0.6) is 5.75 Å². The molecule has 0 spiro atoms. The Hall–Kier alpha value is -2.34. The molecule has 3 rings (SSSR count). The minimum atomic E-state index is -0.387. The largest absolute Gasteiger partial charge is 0.490 e. The van der Waals surface area contributed by atoms with Crippen LogP contribution in [0, 0.1) is 0 Å². The minimum Gasteiger partial charge on any atom is -0.490 e. The number of benzene rings is 2. The van der Waals surface area contributed by atoms with E-state index in [4.69, 9.17) is 4.74 Å². The molecule has 1 saturated carbocycles. The first-order valence-electron chi connectivity index (χ1n) is 8.25. The standard InChI is InChI=1S/C19H19BrN2O3/c20-17-8-4-3-7-16(17)19(24)22-21-18(23)13-9-11-15(12-10-13)25-14-5-1-2-6-14/h3-4,7-12,14H,1-2,5-6H2,(H,21,23)(H,22,24). The number of hydrogen-bond acceptors (Lipinski definition) is 3. The highest BCUT2D eigenvalue weighted by Crippen LogP contribution is 2.24. The van der Waals surface area contributed by atoms with Crippen molar-refractivity contribution in [1.29, 1.82) is 0 Å². The Morgan fingerprint density at radius 1 is 0.920 bits per heavy atom. The minimum absolute atomic E-state index is 0.281. The molecule has 0 radical (unpaired) electrons. The van der Waals surface area contributed by atoms with E-state index in [1.807, 2.05) is 6.07 Å². The van der Waals surface area contributed by atoms with Crippen LogP contribution in [-0.4, -0.2) is 17.9 Å². The van der Waals surface area contributed by atoms with E-state index in [2.05, 4.69) is 26.8 Å². The lowest BCUT2D eigenvalue weighted by Crippen LogP contribution is -2.41. The maximum atomic E-state index is 12.1. The van der Waals surface area contributed by atoms with E-state index in [0.29, 0.717) is 15.6 Å². The summed E-state index contributed by atoms with van der Waals surface area (Å²) < 4.78 is 6.53. The van der Waals surface area contributed by atoms with Gasteiger partial charge in [0.15, 0.2) is 0 Å². The summed E-state index contributed by atoms with van der Waals surface area (Å²) in [7, 11) is 0. The van der Waals surface area contributed by atoms with Gasteiger partial charge in [0.1, 0.15) is 5.75 Å². The Balaban J connectivity index is 1.54. The van der Waals surface area contributed by atoms with Crippen LogP contribution in [0.3, 0.4) is 0 Å². The van der Waals surface area contributed by atoms with Gasteiger partial charge in [-0.1, -0.05) is 12.1 Å². The number of amides is 2. The lowest BCUT2D eigenvalue weighted by molar-refractivity contribution is 0.0846. The molecule has 2 aromatic rings. The summed E-state index contributed by atoms with van der Waals surface area (Å²) in [6.45, 7) is 0. The third kappa shape index (κ3) is 4.60. The van der Waals surface area contributed by atoms with E-state index >= 15 is 0 Å². The number of nitrogens with one attached hydrogen (secondary N) is 2. The monoisotopic (exact) mass is 402 g/mol. The molecule has 0 aromatic heterocycles. The van der Waals surface area contributed by atoms with Crippen LogP contribution in [0.25, 0.3) is 0 Å². The fourth-order valence-corrected chi connectivity index (χ4v) is 3.25. The van der Waals surface area contributed by atoms with Gasteiger partial charge in [-0.25, -0.2) is 0 Å². The van der Waals surface area contributed by atoms with Crippen LogP contribution in [0.4, 0.5) is 0 Å². The lowest BCUT2D eigenvalue weighted by atomic mass is 10.2. The number of rotatable bonds is 4. The molecule has 130 valence electrons. The van der Waals surface area contributed by atoms with Gasteiger partial charge in [-0.15, -0.1) is 0 Å². The topological polar surface area (TPSA) is 67.4 Å². The van der Waals surface area contributed by atoms with Crippen LogP contribution in [0.15, 0.2) is 53.0 Å². The first-order valence-corrected chi connectivity index (χ1v) is 9.05. The molecule has 25 heavy (non-hydrogen) atoms. The molecule has 6 heteroatoms. The third-order valence-electron chi connectivity index (χ3n) is 4.13.